The van der Waals surface area contributed by atoms with E-state index in [2.05, 4.69) is 19.2 Å². The zero-order valence-corrected chi connectivity index (χ0v) is 13.3. The van der Waals surface area contributed by atoms with E-state index in [9.17, 15) is 0 Å². The van der Waals surface area contributed by atoms with Crippen LogP contribution >= 0.6 is 0 Å². The lowest BCUT2D eigenvalue weighted by atomic mass is 10.1. The number of rotatable bonds is 12. The molecule has 19 heavy (non-hydrogen) atoms. The molecule has 114 valence electrons. The van der Waals surface area contributed by atoms with E-state index in [-0.39, 0.29) is 0 Å². The van der Waals surface area contributed by atoms with E-state index < -0.39 is 0 Å². The molecule has 0 radical (unpaired) electrons. The first-order chi connectivity index (χ1) is 9.34. The van der Waals surface area contributed by atoms with Crippen molar-refractivity contribution in [3.05, 3.63) is 0 Å². The number of unbranched alkanes of at least 4 members (excludes halogenated alkanes) is 9. The SMILES string of the molecule is CCCCCCCCCCCCNC1CCOC1C. The van der Waals surface area contributed by atoms with Crippen molar-refractivity contribution in [2.24, 2.45) is 0 Å². The third-order valence-corrected chi connectivity index (χ3v) is 4.31. The largest absolute Gasteiger partial charge is 0.377 e. The smallest absolute Gasteiger partial charge is 0.0700 e. The average molecular weight is 269 g/mol. The summed E-state index contributed by atoms with van der Waals surface area (Å²) in [4.78, 5) is 0. The zero-order valence-electron chi connectivity index (χ0n) is 13.3. The molecule has 1 aliphatic rings. The van der Waals surface area contributed by atoms with E-state index >= 15 is 0 Å². The van der Waals surface area contributed by atoms with E-state index in [1.54, 1.807) is 0 Å². The highest BCUT2D eigenvalue weighted by molar-refractivity contribution is 4.78. The molecular formula is C17H35NO. The summed E-state index contributed by atoms with van der Waals surface area (Å²) < 4.78 is 5.55. The van der Waals surface area contributed by atoms with Gasteiger partial charge in [0, 0.05) is 12.6 Å². The van der Waals surface area contributed by atoms with E-state index in [0.29, 0.717) is 12.1 Å². The summed E-state index contributed by atoms with van der Waals surface area (Å²) in [5, 5.41) is 3.63. The zero-order chi connectivity index (χ0) is 13.8. The average Bonchev–Trinajstić information content (AvgIpc) is 2.82. The third-order valence-electron chi connectivity index (χ3n) is 4.31. The van der Waals surface area contributed by atoms with Crippen molar-refractivity contribution in [2.75, 3.05) is 13.2 Å². The van der Waals surface area contributed by atoms with Gasteiger partial charge in [-0.25, -0.2) is 0 Å². The van der Waals surface area contributed by atoms with Gasteiger partial charge in [0.15, 0.2) is 0 Å². The van der Waals surface area contributed by atoms with E-state index in [1.165, 1.54) is 77.2 Å². The van der Waals surface area contributed by atoms with Gasteiger partial charge in [-0.2, -0.15) is 0 Å². The van der Waals surface area contributed by atoms with Gasteiger partial charge < -0.3 is 10.1 Å². The highest BCUT2D eigenvalue weighted by Crippen LogP contribution is 2.13. The van der Waals surface area contributed by atoms with Crippen LogP contribution in [0.4, 0.5) is 0 Å². The van der Waals surface area contributed by atoms with Gasteiger partial charge >= 0.3 is 0 Å². The third kappa shape index (κ3) is 8.65. The Morgan fingerprint density at radius 2 is 1.47 bits per heavy atom. The Labute approximate surface area is 120 Å². The maximum Gasteiger partial charge on any atom is 0.0700 e. The summed E-state index contributed by atoms with van der Waals surface area (Å²) in [5.41, 5.74) is 0. The quantitative estimate of drug-likeness (QED) is 0.520. The Bertz CT molecular complexity index is 196. The first-order valence-corrected chi connectivity index (χ1v) is 8.69. The van der Waals surface area contributed by atoms with Crippen LogP contribution in [0.25, 0.3) is 0 Å². The maximum absolute atomic E-state index is 5.55. The summed E-state index contributed by atoms with van der Waals surface area (Å²) >= 11 is 0. The van der Waals surface area contributed by atoms with Gasteiger partial charge in [-0.15, -0.1) is 0 Å². The first kappa shape index (κ1) is 17.0. The molecule has 0 aromatic rings. The fraction of sp³-hybridized carbons (Fsp3) is 1.00. The van der Waals surface area contributed by atoms with Crippen molar-refractivity contribution >= 4 is 0 Å². The van der Waals surface area contributed by atoms with Crippen LogP contribution in [0.1, 0.15) is 84.5 Å². The molecule has 1 aliphatic heterocycles. The van der Waals surface area contributed by atoms with Crippen molar-refractivity contribution in [1.29, 1.82) is 0 Å². The minimum absolute atomic E-state index is 0.420. The Hall–Kier alpha value is -0.0800. The van der Waals surface area contributed by atoms with Crippen molar-refractivity contribution in [3.63, 3.8) is 0 Å². The lowest BCUT2D eigenvalue weighted by molar-refractivity contribution is 0.113. The lowest BCUT2D eigenvalue weighted by Crippen LogP contribution is -2.35. The van der Waals surface area contributed by atoms with Crippen LogP contribution in [-0.2, 0) is 4.74 Å². The molecule has 2 nitrogen and oxygen atoms in total. The monoisotopic (exact) mass is 269 g/mol. The predicted molar refractivity (Wildman–Crippen MR) is 83.7 cm³/mol. The van der Waals surface area contributed by atoms with Crippen LogP contribution in [-0.4, -0.2) is 25.3 Å². The standard InChI is InChI=1S/C17H35NO/c1-3-4-5-6-7-8-9-10-11-12-14-18-17-13-15-19-16(17)2/h16-18H,3-15H2,1-2H3. The second-order valence-corrected chi connectivity index (χ2v) is 6.11. The molecule has 1 heterocycles. The molecule has 0 aliphatic carbocycles. The van der Waals surface area contributed by atoms with Gasteiger partial charge in [0.1, 0.15) is 0 Å². The first-order valence-electron chi connectivity index (χ1n) is 8.69. The summed E-state index contributed by atoms with van der Waals surface area (Å²) in [6.07, 6.45) is 15.8. The van der Waals surface area contributed by atoms with Gasteiger partial charge in [0.2, 0.25) is 0 Å². The van der Waals surface area contributed by atoms with Crippen LogP contribution in [0.15, 0.2) is 0 Å². The Morgan fingerprint density at radius 3 is 2.00 bits per heavy atom. The van der Waals surface area contributed by atoms with Crippen LogP contribution in [0.3, 0.4) is 0 Å². The van der Waals surface area contributed by atoms with E-state index in [4.69, 9.17) is 4.74 Å². The molecule has 0 saturated carbocycles. The normalized spacial score (nSPS) is 23.1. The Kier molecular flexibility index (Phi) is 10.5. The molecular weight excluding hydrogens is 234 g/mol. The second kappa shape index (κ2) is 11.7. The van der Waals surface area contributed by atoms with Gasteiger partial charge in [-0.1, -0.05) is 64.7 Å². The highest BCUT2D eigenvalue weighted by atomic mass is 16.5. The van der Waals surface area contributed by atoms with Crippen molar-refractivity contribution in [3.8, 4) is 0 Å². The fourth-order valence-corrected chi connectivity index (χ4v) is 2.90. The number of ether oxygens (including phenoxy) is 1. The van der Waals surface area contributed by atoms with E-state index in [1.807, 2.05) is 0 Å². The minimum Gasteiger partial charge on any atom is -0.377 e. The lowest BCUT2D eigenvalue weighted by Gasteiger charge is -2.15. The molecule has 0 amide bonds. The molecule has 0 bridgehead atoms. The van der Waals surface area contributed by atoms with Crippen molar-refractivity contribution < 1.29 is 4.74 Å². The summed E-state index contributed by atoms with van der Waals surface area (Å²) in [6, 6.07) is 0.610. The van der Waals surface area contributed by atoms with Gasteiger partial charge in [0.25, 0.3) is 0 Å². The number of hydrogen-bond acceptors (Lipinski definition) is 2. The van der Waals surface area contributed by atoms with Gasteiger partial charge in [0.05, 0.1) is 6.10 Å². The summed E-state index contributed by atoms with van der Waals surface area (Å²) in [7, 11) is 0. The molecule has 1 saturated heterocycles. The van der Waals surface area contributed by atoms with Crippen molar-refractivity contribution in [1.82, 2.24) is 5.32 Å². The van der Waals surface area contributed by atoms with Crippen LogP contribution in [0, 0.1) is 0 Å². The summed E-state index contributed by atoms with van der Waals surface area (Å²) in [5.74, 6) is 0. The molecule has 1 fully saturated rings. The number of nitrogens with one attached hydrogen (secondary N) is 1. The molecule has 1 N–H and O–H groups in total. The van der Waals surface area contributed by atoms with Gasteiger partial charge in [-0.3, -0.25) is 0 Å². The minimum atomic E-state index is 0.420. The molecule has 0 aromatic carbocycles. The fourth-order valence-electron chi connectivity index (χ4n) is 2.90. The molecule has 0 spiro atoms. The van der Waals surface area contributed by atoms with E-state index in [0.717, 1.165) is 6.61 Å². The second-order valence-electron chi connectivity index (χ2n) is 6.11. The highest BCUT2D eigenvalue weighted by Gasteiger charge is 2.22. The molecule has 0 aromatic heterocycles. The number of hydrogen-bond donors (Lipinski definition) is 1. The van der Waals surface area contributed by atoms with Crippen LogP contribution in [0.5, 0.6) is 0 Å². The van der Waals surface area contributed by atoms with Crippen LogP contribution in [0.2, 0.25) is 0 Å². The predicted octanol–water partition coefficient (Wildman–Crippen LogP) is 4.67. The molecule has 1 rings (SSSR count). The Balaban J connectivity index is 1.74. The molecule has 2 heteroatoms. The maximum atomic E-state index is 5.55. The van der Waals surface area contributed by atoms with Gasteiger partial charge in [-0.05, 0) is 26.3 Å². The summed E-state index contributed by atoms with van der Waals surface area (Å²) in [6.45, 7) is 6.58. The Morgan fingerprint density at radius 1 is 0.895 bits per heavy atom. The van der Waals surface area contributed by atoms with Crippen molar-refractivity contribution in [2.45, 2.75) is 96.6 Å². The topological polar surface area (TPSA) is 21.3 Å². The van der Waals surface area contributed by atoms with Crippen LogP contribution < -0.4 is 5.32 Å². The molecule has 2 atom stereocenters. The molecule has 2 unspecified atom stereocenters.